The number of hydrogen-bond donors (Lipinski definition) is 17. The number of carboxylic acids is 3. The third-order valence-electron chi connectivity index (χ3n) is 9.36. The van der Waals surface area contributed by atoms with E-state index in [1.807, 2.05) is 0 Å². The number of guanidine groups is 1. The third kappa shape index (κ3) is 24.6. The fourth-order valence-corrected chi connectivity index (χ4v) is 6.23. The van der Waals surface area contributed by atoms with E-state index in [1.54, 1.807) is 0 Å². The van der Waals surface area contributed by atoms with Gasteiger partial charge in [0, 0.05) is 23.6 Å². The van der Waals surface area contributed by atoms with Gasteiger partial charge in [0.05, 0.1) is 32.7 Å². The summed E-state index contributed by atoms with van der Waals surface area (Å²) in [6, 6.07) is -9.97. The Morgan fingerprint density at radius 3 is 1.76 bits per heavy atom. The number of rotatable bonds is 27. The minimum atomic E-state index is -5.08. The molecule has 0 bridgehead atoms. The van der Waals surface area contributed by atoms with E-state index in [2.05, 4.69) is 72.8 Å². The van der Waals surface area contributed by atoms with Crippen molar-refractivity contribution in [3.8, 4) is 0 Å². The Labute approximate surface area is 413 Å². The molecule has 0 unspecified atom stereocenters. The molecule has 9 amide bonds. The van der Waals surface area contributed by atoms with E-state index in [1.165, 1.54) is 20.8 Å². The second kappa shape index (κ2) is 30.8. The number of nitrogens with one attached hydrogen (secondary N) is 8. The molecule has 402 valence electrons. The molecule has 18 N–H and O–H groups in total. The highest BCUT2D eigenvalue weighted by molar-refractivity contribution is 7.81. The van der Waals surface area contributed by atoms with E-state index in [4.69, 9.17) is 32.2 Å². The van der Waals surface area contributed by atoms with Crippen molar-refractivity contribution in [3.05, 3.63) is 0 Å². The fraction of sp³-hybridized carbons (Fsp3) is 0.649. The van der Waals surface area contributed by atoms with Gasteiger partial charge in [-0.05, 0) is 46.5 Å². The number of alkyl halides is 3. The van der Waals surface area contributed by atoms with Crippen LogP contribution in [0.3, 0.4) is 0 Å². The van der Waals surface area contributed by atoms with Crippen LogP contribution in [0.15, 0.2) is 4.99 Å². The van der Waals surface area contributed by atoms with E-state index in [0.29, 0.717) is 0 Å². The topological polar surface area (TPSA) is 476 Å². The number of thiol groups is 2. The zero-order valence-corrected chi connectivity index (χ0v) is 40.2. The summed E-state index contributed by atoms with van der Waals surface area (Å²) in [5, 5.41) is 54.0. The van der Waals surface area contributed by atoms with Crippen molar-refractivity contribution in [1.29, 1.82) is 0 Å². The molecule has 0 radical (unpaired) electrons. The Kier molecular flexibility index (Phi) is 27.9. The first-order valence-electron chi connectivity index (χ1n) is 20.9. The minimum absolute atomic E-state index is 0.0263. The molecule has 0 aromatic carbocycles. The number of hydrogen-bond acceptors (Lipinski definition) is 17. The van der Waals surface area contributed by atoms with Gasteiger partial charge in [-0.1, -0.05) is 0 Å². The van der Waals surface area contributed by atoms with Gasteiger partial charge in [0.25, 0.3) is 0 Å². The average molecular weight is 1060 g/mol. The molecule has 34 heteroatoms. The Hall–Kier alpha value is -6.68. The number of nitrogens with zero attached hydrogens (tertiary/aromatic N) is 2. The first kappa shape index (κ1) is 64.3. The minimum Gasteiger partial charge on any atom is -0.481 e. The predicted molar refractivity (Wildman–Crippen MR) is 245 cm³/mol. The molecule has 0 aromatic heterocycles. The molecule has 29 nitrogen and oxygen atoms in total. The molecule has 0 saturated carbocycles. The number of aliphatic hydroxyl groups excluding tert-OH is 1. The number of aliphatic imine (C=N–C) groups is 1. The van der Waals surface area contributed by atoms with Crippen LogP contribution >= 0.6 is 25.3 Å². The van der Waals surface area contributed by atoms with Gasteiger partial charge in [-0.2, -0.15) is 38.4 Å². The molecule has 0 aliphatic carbocycles. The van der Waals surface area contributed by atoms with Crippen LogP contribution in [0.1, 0.15) is 52.9 Å². The normalized spacial score (nSPS) is 15.7. The van der Waals surface area contributed by atoms with Crippen LogP contribution in [-0.2, 0) is 57.5 Å². The van der Waals surface area contributed by atoms with E-state index < -0.39 is 157 Å². The van der Waals surface area contributed by atoms with Crippen LogP contribution < -0.4 is 59.7 Å². The van der Waals surface area contributed by atoms with Crippen molar-refractivity contribution in [2.45, 2.75) is 106 Å². The summed E-state index contributed by atoms with van der Waals surface area (Å²) in [5.74, 6) is -14.4. The Bertz CT molecular complexity index is 1980. The predicted octanol–water partition coefficient (Wildman–Crippen LogP) is -7.03. The number of carboxylic acid groups (broad SMARTS) is 3. The maximum Gasteiger partial charge on any atom is 0.490 e. The van der Waals surface area contributed by atoms with Crippen molar-refractivity contribution in [2.75, 3.05) is 45.1 Å². The van der Waals surface area contributed by atoms with Gasteiger partial charge in [-0.25, -0.2) is 4.79 Å². The number of aliphatic hydroxyl groups is 1. The van der Waals surface area contributed by atoms with Gasteiger partial charge in [0.2, 0.25) is 53.2 Å². The number of amides is 9. The first-order chi connectivity index (χ1) is 32.8. The molecule has 1 heterocycles. The second-order valence-corrected chi connectivity index (χ2v) is 17.1. The van der Waals surface area contributed by atoms with Crippen molar-refractivity contribution >= 4 is 102 Å². The summed E-state index contributed by atoms with van der Waals surface area (Å²) in [4.78, 5) is 153. The molecule has 0 aromatic rings. The third-order valence-corrected chi connectivity index (χ3v) is 9.98. The van der Waals surface area contributed by atoms with Crippen LogP contribution in [0.4, 0.5) is 13.2 Å². The zero-order chi connectivity index (χ0) is 55.0. The molecule has 1 rings (SSSR count). The summed E-state index contributed by atoms with van der Waals surface area (Å²) in [7, 11) is 0. The SMILES string of the molecule is C[C@H](NC(=O)[C@H](CS)NC(=O)[C@@H]1CCCN1C(=O)[C@H](CO)NC(=O)[C@H](CC(=O)O)NC(=O)CNC(=O)[C@H](CCCN=C(N)N)NC(=O)CNC(=O)[C@@H](NC(=O)CN)C(C)(C)S)C(=O)O.O=C(O)C(F)(F)F. The van der Waals surface area contributed by atoms with Crippen LogP contribution in [0.25, 0.3) is 0 Å². The number of likely N-dealkylation sites (tertiary alicyclic amines) is 1. The lowest BCUT2D eigenvalue weighted by Gasteiger charge is -2.29. The lowest BCUT2D eigenvalue weighted by atomic mass is 10.0. The molecule has 1 aliphatic rings. The number of carbonyl (C=O) groups is 12. The highest BCUT2D eigenvalue weighted by Gasteiger charge is 2.40. The van der Waals surface area contributed by atoms with Gasteiger partial charge >= 0.3 is 24.1 Å². The summed E-state index contributed by atoms with van der Waals surface area (Å²) in [5.41, 5.74) is 16.0. The maximum absolute atomic E-state index is 13.5. The van der Waals surface area contributed by atoms with Crippen LogP contribution in [0.5, 0.6) is 0 Å². The quantitative estimate of drug-likeness (QED) is 0.0157. The lowest BCUT2D eigenvalue weighted by Crippen LogP contribution is -2.60. The van der Waals surface area contributed by atoms with Crippen molar-refractivity contribution in [3.63, 3.8) is 0 Å². The monoisotopic (exact) mass is 1060 g/mol. The van der Waals surface area contributed by atoms with Crippen LogP contribution in [0.2, 0.25) is 0 Å². The summed E-state index contributed by atoms with van der Waals surface area (Å²) in [6.07, 6.45) is -5.69. The van der Waals surface area contributed by atoms with Crippen LogP contribution in [-0.4, -0.2) is 201 Å². The van der Waals surface area contributed by atoms with Gasteiger partial charge in [-0.3, -0.25) is 57.7 Å². The van der Waals surface area contributed by atoms with E-state index in [-0.39, 0.29) is 50.5 Å². The number of halogens is 3. The summed E-state index contributed by atoms with van der Waals surface area (Å²) < 4.78 is 30.6. The molecule has 7 atom stereocenters. The van der Waals surface area contributed by atoms with Gasteiger partial charge < -0.3 is 85.1 Å². The molecule has 1 fully saturated rings. The van der Waals surface area contributed by atoms with Crippen LogP contribution in [0, 0.1) is 0 Å². The molecule has 71 heavy (non-hydrogen) atoms. The second-order valence-electron chi connectivity index (χ2n) is 15.6. The Morgan fingerprint density at radius 1 is 0.761 bits per heavy atom. The molecular weight excluding hydrogens is 1000 g/mol. The van der Waals surface area contributed by atoms with Crippen molar-refractivity contribution in [2.24, 2.45) is 22.2 Å². The largest absolute Gasteiger partial charge is 0.490 e. The highest BCUT2D eigenvalue weighted by atomic mass is 32.1. The Balaban J connectivity index is 0.00000647. The van der Waals surface area contributed by atoms with E-state index in [9.17, 15) is 76.1 Å². The van der Waals surface area contributed by atoms with Gasteiger partial charge in [-0.15, -0.1) is 0 Å². The number of aliphatic carboxylic acids is 3. The molecule has 0 spiro atoms. The van der Waals surface area contributed by atoms with E-state index >= 15 is 0 Å². The summed E-state index contributed by atoms with van der Waals surface area (Å²) >= 11 is 8.35. The lowest BCUT2D eigenvalue weighted by molar-refractivity contribution is -0.192. The number of carbonyl (C=O) groups excluding carboxylic acids is 9. The standard InChI is InChI=1S/C35H59N13O14S2.C2HF3O2/c1-16(33(61)62)42-29(57)20(15-63)46-30(58)21-7-5-9-48(21)32(60)19(14-49)45-28(56)18(10-25(53)54)44-24(52)12-40-27(55)17(6-4-8-39-34(37)38)43-23(51)13-41-31(59)26(35(2,3)64)47-22(50)11-36;3-2(4,5)1(6)7/h16-21,26,49,63-64H,4-15,36H2,1-3H3,(H,40,55)(H,41,59)(H,42,57)(H,43,51)(H,44,52)(H,45,56)(H,46,58)(H,47,50)(H,53,54)(H,61,62)(H4,37,38,39);(H,6,7)/t16-,17-,18-,19-,20-,21-,26+;/m0./s1. The van der Waals surface area contributed by atoms with Crippen molar-refractivity contribution < 1.29 is 91.1 Å². The fourth-order valence-electron chi connectivity index (χ4n) is 5.79. The van der Waals surface area contributed by atoms with Gasteiger partial charge in [0.1, 0.15) is 42.3 Å². The van der Waals surface area contributed by atoms with Crippen molar-refractivity contribution in [1.82, 2.24) is 47.4 Å². The molecule has 1 aliphatic heterocycles. The number of nitrogens with two attached hydrogens (primary N) is 3. The Morgan fingerprint density at radius 2 is 1.30 bits per heavy atom. The van der Waals surface area contributed by atoms with Gasteiger partial charge in [0.15, 0.2) is 5.96 Å². The average Bonchev–Trinajstić information content (AvgIpc) is 3.77. The zero-order valence-electron chi connectivity index (χ0n) is 38.4. The molecular formula is C37H60F3N13O16S2. The first-order valence-corrected chi connectivity index (χ1v) is 22.0. The summed E-state index contributed by atoms with van der Waals surface area (Å²) in [6.45, 7) is 1.27. The van der Waals surface area contributed by atoms with E-state index in [0.717, 1.165) is 4.90 Å². The molecule has 1 saturated heterocycles. The highest BCUT2D eigenvalue weighted by Crippen LogP contribution is 2.20. The maximum atomic E-state index is 13.5. The smallest absolute Gasteiger partial charge is 0.481 e.